The molecule has 1 atom stereocenters. The minimum absolute atomic E-state index is 0.00284. The summed E-state index contributed by atoms with van der Waals surface area (Å²) in [5.74, 6) is -1.55. The molecule has 2 saturated heterocycles. The van der Waals surface area contributed by atoms with Crippen LogP contribution in [0.1, 0.15) is 31.2 Å². The van der Waals surface area contributed by atoms with Gasteiger partial charge in [0.25, 0.3) is 0 Å². The molecule has 0 aromatic heterocycles. The van der Waals surface area contributed by atoms with Crippen LogP contribution in [0.5, 0.6) is 5.75 Å². The number of nitrogens with zero attached hydrogens (tertiary/aromatic N) is 1. The van der Waals surface area contributed by atoms with Crippen LogP contribution < -0.4 is 15.4 Å². The first kappa shape index (κ1) is 25.3. The third-order valence-electron chi connectivity index (χ3n) is 5.78. The average Bonchev–Trinajstić information content (AvgIpc) is 3.32. The molecule has 4 rings (SSSR count). The molecular formula is C22H35F2N3O4. The number of hydrogen-bond donors (Lipinski definition) is 4. The van der Waals surface area contributed by atoms with Crippen molar-refractivity contribution in [2.75, 3.05) is 46.4 Å². The number of benzene rings is 1. The molecule has 1 amide bonds. The minimum Gasteiger partial charge on any atom is -0.497 e. The Morgan fingerprint density at radius 3 is 2.45 bits per heavy atom. The Bertz CT molecular complexity index is 674. The Morgan fingerprint density at radius 2 is 2.00 bits per heavy atom. The van der Waals surface area contributed by atoms with E-state index in [-0.39, 0.29) is 24.4 Å². The number of carboxylic acid groups (broad SMARTS) is 1. The molecule has 1 unspecified atom stereocenters. The van der Waals surface area contributed by atoms with Crippen molar-refractivity contribution in [2.24, 2.45) is 5.41 Å². The van der Waals surface area contributed by atoms with Crippen LogP contribution in [0.15, 0.2) is 24.3 Å². The lowest BCUT2D eigenvalue weighted by Crippen LogP contribution is -2.48. The molecule has 3 aliphatic rings. The smallest absolute Gasteiger partial charge is 0.404 e. The predicted octanol–water partition coefficient (Wildman–Crippen LogP) is 2.72. The number of likely N-dealkylation sites (tertiary alicyclic amines) is 1. The third kappa shape index (κ3) is 8.96. The molecule has 1 spiro atoms. The Morgan fingerprint density at radius 1 is 1.32 bits per heavy atom. The summed E-state index contributed by atoms with van der Waals surface area (Å²) >= 11 is 0. The van der Waals surface area contributed by atoms with E-state index in [4.69, 9.17) is 14.9 Å². The van der Waals surface area contributed by atoms with Crippen LogP contribution in [0, 0.1) is 12.3 Å². The van der Waals surface area contributed by atoms with Crippen LogP contribution in [-0.2, 0) is 0 Å². The van der Waals surface area contributed by atoms with E-state index in [0.29, 0.717) is 19.6 Å². The fraction of sp³-hybridized carbons (Fsp3) is 0.682. The highest BCUT2D eigenvalue weighted by Gasteiger charge is 2.58. The molecule has 4 N–H and O–H groups in total. The Hall–Kier alpha value is -1.97. The van der Waals surface area contributed by atoms with Crippen LogP contribution >= 0.6 is 0 Å². The molecule has 7 nitrogen and oxygen atoms in total. The maximum Gasteiger partial charge on any atom is 0.404 e. The SMILES string of the molecule is COc1ccc(C)cc1.O=C(O)NCCN1CCC2(C1)CC(F)(F)C2.OC1CCNC1. The number of rotatable bonds is 4. The molecule has 1 aromatic carbocycles. The van der Waals surface area contributed by atoms with Gasteiger partial charge in [0.15, 0.2) is 0 Å². The van der Waals surface area contributed by atoms with Crippen molar-refractivity contribution in [3.05, 3.63) is 29.8 Å². The van der Waals surface area contributed by atoms with Crippen molar-refractivity contribution in [3.8, 4) is 5.75 Å². The Kier molecular flexibility index (Phi) is 9.46. The van der Waals surface area contributed by atoms with E-state index in [1.54, 1.807) is 7.11 Å². The van der Waals surface area contributed by atoms with Gasteiger partial charge in [-0.25, -0.2) is 13.6 Å². The standard InChI is InChI=1S/C10H16F2N2O2.C8H10O.C4H9NO/c11-10(12)5-9(6-10)1-3-14(7-9)4-2-13-8(15)16;1-7-3-5-8(9-2)6-4-7;6-4-1-2-5-3-4/h13H,1-7H2,(H,15,16);3-6H,1-2H3;4-6H,1-3H2. The molecule has 2 aliphatic heterocycles. The number of carbonyl (C=O) groups is 1. The van der Waals surface area contributed by atoms with Crippen LogP contribution in [0.2, 0.25) is 0 Å². The highest BCUT2D eigenvalue weighted by molar-refractivity contribution is 5.64. The lowest BCUT2D eigenvalue weighted by molar-refractivity contribution is -0.155. The van der Waals surface area contributed by atoms with Crippen LogP contribution in [0.3, 0.4) is 0 Å². The third-order valence-corrected chi connectivity index (χ3v) is 5.78. The van der Waals surface area contributed by atoms with Gasteiger partial charge in [-0.3, -0.25) is 0 Å². The Balaban J connectivity index is 0.000000190. The number of aryl methyl sites for hydroxylation is 1. The van der Waals surface area contributed by atoms with E-state index in [0.717, 1.165) is 38.2 Å². The summed E-state index contributed by atoms with van der Waals surface area (Å²) in [4.78, 5) is 12.3. The number of halogens is 2. The second-order valence-corrected chi connectivity index (χ2v) is 8.63. The first-order chi connectivity index (χ1) is 14.6. The van der Waals surface area contributed by atoms with Crippen molar-refractivity contribution in [1.29, 1.82) is 0 Å². The molecule has 9 heteroatoms. The molecule has 31 heavy (non-hydrogen) atoms. The van der Waals surface area contributed by atoms with Gasteiger partial charge >= 0.3 is 6.09 Å². The molecule has 1 saturated carbocycles. The van der Waals surface area contributed by atoms with E-state index in [1.165, 1.54) is 5.56 Å². The fourth-order valence-corrected chi connectivity index (χ4v) is 4.19. The van der Waals surface area contributed by atoms with E-state index in [2.05, 4.69) is 22.5 Å². The lowest BCUT2D eigenvalue weighted by atomic mass is 9.65. The topological polar surface area (TPSA) is 94.1 Å². The largest absolute Gasteiger partial charge is 0.497 e. The summed E-state index contributed by atoms with van der Waals surface area (Å²) in [5.41, 5.74) is 1.07. The van der Waals surface area contributed by atoms with E-state index < -0.39 is 12.0 Å². The van der Waals surface area contributed by atoms with E-state index >= 15 is 0 Å². The number of alkyl halides is 2. The van der Waals surface area contributed by atoms with Crippen molar-refractivity contribution in [3.63, 3.8) is 0 Å². The van der Waals surface area contributed by atoms with Crippen molar-refractivity contribution < 1.29 is 28.5 Å². The summed E-state index contributed by atoms with van der Waals surface area (Å²) in [6.45, 7) is 6.29. The number of β-amino-alcohol motifs (C(OH)–C–C–N with tert-alkyl or cyclic N) is 1. The molecular weight excluding hydrogens is 408 g/mol. The maximum atomic E-state index is 12.8. The van der Waals surface area contributed by atoms with Gasteiger partial charge in [-0.1, -0.05) is 17.7 Å². The van der Waals surface area contributed by atoms with Gasteiger partial charge in [-0.15, -0.1) is 0 Å². The maximum absolute atomic E-state index is 12.8. The van der Waals surface area contributed by atoms with Crippen LogP contribution in [0.25, 0.3) is 0 Å². The molecule has 1 aromatic rings. The van der Waals surface area contributed by atoms with Gasteiger partial charge in [0.2, 0.25) is 5.92 Å². The van der Waals surface area contributed by atoms with E-state index in [9.17, 15) is 13.6 Å². The number of hydrogen-bond acceptors (Lipinski definition) is 5. The highest BCUT2D eigenvalue weighted by atomic mass is 19.3. The minimum atomic E-state index is -2.46. The zero-order valence-corrected chi connectivity index (χ0v) is 18.4. The monoisotopic (exact) mass is 443 g/mol. The van der Waals surface area contributed by atoms with Gasteiger partial charge in [0.1, 0.15) is 5.75 Å². The van der Waals surface area contributed by atoms with Crippen LogP contribution in [0.4, 0.5) is 13.6 Å². The normalized spacial score (nSPS) is 23.1. The molecule has 176 valence electrons. The summed E-state index contributed by atoms with van der Waals surface area (Å²) in [6.07, 6.45) is 0.649. The first-order valence-electron chi connectivity index (χ1n) is 10.7. The number of ether oxygens (including phenoxy) is 1. The summed E-state index contributed by atoms with van der Waals surface area (Å²) in [6, 6.07) is 7.96. The molecule has 0 bridgehead atoms. The molecule has 0 radical (unpaired) electrons. The molecule has 2 heterocycles. The van der Waals surface area contributed by atoms with Crippen LogP contribution in [-0.4, -0.2) is 79.6 Å². The second-order valence-electron chi connectivity index (χ2n) is 8.63. The number of aliphatic hydroxyl groups excluding tert-OH is 1. The number of aliphatic hydroxyl groups is 1. The highest BCUT2D eigenvalue weighted by Crippen LogP contribution is 2.56. The summed E-state index contributed by atoms with van der Waals surface area (Å²) < 4.78 is 30.6. The van der Waals surface area contributed by atoms with Gasteiger partial charge in [-0.2, -0.15) is 0 Å². The molecule has 1 aliphatic carbocycles. The summed E-state index contributed by atoms with van der Waals surface area (Å²) in [5, 5.41) is 22.4. The first-order valence-corrected chi connectivity index (χ1v) is 10.7. The van der Waals surface area contributed by atoms with Crippen molar-refractivity contribution in [1.82, 2.24) is 15.5 Å². The zero-order chi connectivity index (χ0) is 22.9. The Labute approximate surface area is 182 Å². The predicted molar refractivity (Wildman–Crippen MR) is 115 cm³/mol. The van der Waals surface area contributed by atoms with Gasteiger partial charge in [0, 0.05) is 39.0 Å². The van der Waals surface area contributed by atoms with E-state index in [1.807, 2.05) is 24.3 Å². The van der Waals surface area contributed by atoms with Crippen molar-refractivity contribution >= 4 is 6.09 Å². The number of methoxy groups -OCH3 is 1. The van der Waals surface area contributed by atoms with Gasteiger partial charge < -0.3 is 30.5 Å². The van der Waals surface area contributed by atoms with Gasteiger partial charge in [-0.05, 0) is 50.4 Å². The lowest BCUT2D eigenvalue weighted by Gasteiger charge is -2.44. The van der Waals surface area contributed by atoms with Gasteiger partial charge in [0.05, 0.1) is 13.2 Å². The summed E-state index contributed by atoms with van der Waals surface area (Å²) in [7, 11) is 1.67. The van der Waals surface area contributed by atoms with Crippen molar-refractivity contribution in [2.45, 2.75) is 44.6 Å². The molecule has 3 fully saturated rings. The number of nitrogens with one attached hydrogen (secondary N) is 2. The quantitative estimate of drug-likeness (QED) is 0.572. The average molecular weight is 444 g/mol. The zero-order valence-electron chi connectivity index (χ0n) is 18.4. The number of amides is 1. The fourth-order valence-electron chi connectivity index (χ4n) is 4.19. The second kappa shape index (κ2) is 11.6.